The van der Waals surface area contributed by atoms with Gasteiger partial charge >= 0.3 is 0 Å². The predicted molar refractivity (Wildman–Crippen MR) is 73.1 cm³/mol. The lowest BCUT2D eigenvalue weighted by Gasteiger charge is -2.20. The van der Waals surface area contributed by atoms with Crippen molar-refractivity contribution in [3.05, 3.63) is 22.4 Å². The molecule has 0 saturated heterocycles. The molecule has 17 heavy (non-hydrogen) atoms. The highest BCUT2D eigenvalue weighted by Gasteiger charge is 2.11. The highest BCUT2D eigenvalue weighted by atomic mass is 32.1. The number of nitrogens with zero attached hydrogens (tertiary/aromatic N) is 1. The summed E-state index contributed by atoms with van der Waals surface area (Å²) < 4.78 is 0. The first-order valence-electron chi connectivity index (χ1n) is 6.10. The molecule has 0 spiro atoms. The van der Waals surface area contributed by atoms with Gasteiger partial charge in [-0.1, -0.05) is 13.0 Å². The summed E-state index contributed by atoms with van der Waals surface area (Å²) in [5, 5.41) is 2.08. The summed E-state index contributed by atoms with van der Waals surface area (Å²) in [5.41, 5.74) is 5.55. The second kappa shape index (κ2) is 7.45. The summed E-state index contributed by atoms with van der Waals surface area (Å²) in [7, 11) is 1.86. The molecule has 0 saturated carbocycles. The highest BCUT2D eigenvalue weighted by Crippen LogP contribution is 2.12. The second-order valence-corrected chi connectivity index (χ2v) is 5.58. The number of nitrogens with two attached hydrogens (primary N) is 1. The molecule has 1 amide bonds. The van der Waals surface area contributed by atoms with E-state index in [4.69, 9.17) is 5.73 Å². The number of rotatable bonds is 7. The van der Waals surface area contributed by atoms with Crippen LogP contribution in [0, 0.1) is 5.92 Å². The molecule has 1 rings (SSSR count). The number of thiophene rings is 1. The number of aryl methyl sites for hydroxylation is 1. The van der Waals surface area contributed by atoms with Gasteiger partial charge in [-0.15, -0.1) is 11.3 Å². The molecule has 0 aliphatic heterocycles. The van der Waals surface area contributed by atoms with E-state index in [0.29, 0.717) is 18.9 Å². The first-order valence-corrected chi connectivity index (χ1v) is 6.98. The van der Waals surface area contributed by atoms with E-state index in [1.807, 2.05) is 7.05 Å². The van der Waals surface area contributed by atoms with Crippen LogP contribution in [0.5, 0.6) is 0 Å². The minimum absolute atomic E-state index is 0.224. The Hall–Kier alpha value is -0.870. The number of amides is 1. The average molecular weight is 254 g/mol. The zero-order chi connectivity index (χ0) is 12.7. The molecule has 1 unspecified atom stereocenters. The second-order valence-electron chi connectivity index (χ2n) is 4.55. The Bertz CT molecular complexity index is 324. The maximum atomic E-state index is 11.8. The molecule has 96 valence electrons. The summed E-state index contributed by atoms with van der Waals surface area (Å²) in [6, 6.07) is 4.17. The van der Waals surface area contributed by atoms with Gasteiger partial charge in [0.05, 0.1) is 0 Å². The van der Waals surface area contributed by atoms with Crippen LogP contribution in [0.15, 0.2) is 17.5 Å². The van der Waals surface area contributed by atoms with Crippen LogP contribution in [-0.4, -0.2) is 30.9 Å². The number of hydrogen-bond acceptors (Lipinski definition) is 3. The summed E-state index contributed by atoms with van der Waals surface area (Å²) in [6.45, 7) is 3.45. The summed E-state index contributed by atoms with van der Waals surface area (Å²) in [4.78, 5) is 15.0. The molecule has 0 aromatic carbocycles. The van der Waals surface area contributed by atoms with Gasteiger partial charge in [-0.2, -0.15) is 0 Å². The predicted octanol–water partition coefficient (Wildman–Crippen LogP) is 2.12. The Morgan fingerprint density at radius 2 is 2.35 bits per heavy atom. The van der Waals surface area contributed by atoms with Crippen molar-refractivity contribution in [2.45, 2.75) is 26.2 Å². The van der Waals surface area contributed by atoms with Crippen LogP contribution >= 0.6 is 11.3 Å². The molecule has 0 fully saturated rings. The van der Waals surface area contributed by atoms with Crippen molar-refractivity contribution in [3.8, 4) is 0 Å². The van der Waals surface area contributed by atoms with Gasteiger partial charge in [-0.3, -0.25) is 4.79 Å². The fourth-order valence-corrected chi connectivity index (χ4v) is 2.45. The first-order chi connectivity index (χ1) is 8.13. The molecular formula is C13H22N2OS. The van der Waals surface area contributed by atoms with Crippen LogP contribution in [-0.2, 0) is 11.2 Å². The Labute approximate surface area is 108 Å². The molecule has 4 heteroatoms. The Morgan fingerprint density at radius 1 is 1.59 bits per heavy atom. The monoisotopic (exact) mass is 254 g/mol. The van der Waals surface area contributed by atoms with Crippen molar-refractivity contribution in [2.24, 2.45) is 11.7 Å². The topological polar surface area (TPSA) is 46.3 Å². The van der Waals surface area contributed by atoms with Crippen LogP contribution in [0.3, 0.4) is 0 Å². The summed E-state index contributed by atoms with van der Waals surface area (Å²) in [6.07, 6.45) is 2.57. The average Bonchev–Trinajstić information content (AvgIpc) is 2.81. The fraction of sp³-hybridized carbons (Fsp3) is 0.615. The normalized spacial score (nSPS) is 12.4. The third kappa shape index (κ3) is 5.33. The van der Waals surface area contributed by atoms with Gasteiger partial charge in [-0.05, 0) is 36.8 Å². The van der Waals surface area contributed by atoms with Crippen molar-refractivity contribution >= 4 is 17.2 Å². The smallest absolute Gasteiger partial charge is 0.222 e. The lowest BCUT2D eigenvalue weighted by Crippen LogP contribution is -2.33. The SMILES string of the molecule is CC(CN)CN(C)C(=O)CCCc1cccs1. The van der Waals surface area contributed by atoms with E-state index in [-0.39, 0.29) is 5.91 Å². The van der Waals surface area contributed by atoms with Crippen LogP contribution in [0.2, 0.25) is 0 Å². The van der Waals surface area contributed by atoms with Gasteiger partial charge in [-0.25, -0.2) is 0 Å². The third-order valence-corrected chi connectivity index (χ3v) is 3.74. The minimum atomic E-state index is 0.224. The van der Waals surface area contributed by atoms with E-state index in [1.54, 1.807) is 16.2 Å². The maximum Gasteiger partial charge on any atom is 0.222 e. The van der Waals surface area contributed by atoms with E-state index in [1.165, 1.54) is 4.88 Å². The standard InChI is InChI=1S/C13H22N2OS/c1-11(9-14)10-15(2)13(16)7-3-5-12-6-4-8-17-12/h4,6,8,11H,3,5,7,9-10,14H2,1-2H3. The lowest BCUT2D eigenvalue weighted by atomic mass is 10.1. The van der Waals surface area contributed by atoms with Crippen LogP contribution in [0.25, 0.3) is 0 Å². The number of carbonyl (C=O) groups excluding carboxylic acids is 1. The van der Waals surface area contributed by atoms with Gasteiger partial charge in [0.1, 0.15) is 0 Å². The van der Waals surface area contributed by atoms with Crippen LogP contribution < -0.4 is 5.73 Å². The van der Waals surface area contributed by atoms with Gasteiger partial charge in [0.25, 0.3) is 0 Å². The molecule has 0 aliphatic carbocycles. The maximum absolute atomic E-state index is 11.8. The zero-order valence-corrected chi connectivity index (χ0v) is 11.5. The van der Waals surface area contributed by atoms with Crippen molar-refractivity contribution in [2.75, 3.05) is 20.1 Å². The van der Waals surface area contributed by atoms with Crippen molar-refractivity contribution in [1.29, 1.82) is 0 Å². The Kier molecular flexibility index (Phi) is 6.22. The van der Waals surface area contributed by atoms with Crippen molar-refractivity contribution in [1.82, 2.24) is 4.90 Å². The minimum Gasteiger partial charge on any atom is -0.345 e. The fourth-order valence-electron chi connectivity index (χ4n) is 1.70. The van der Waals surface area contributed by atoms with Crippen molar-refractivity contribution < 1.29 is 4.79 Å². The van der Waals surface area contributed by atoms with E-state index >= 15 is 0 Å². The Balaban J connectivity index is 2.20. The summed E-state index contributed by atoms with van der Waals surface area (Å²) in [5.74, 6) is 0.600. The molecular weight excluding hydrogens is 232 g/mol. The van der Waals surface area contributed by atoms with E-state index in [2.05, 4.69) is 24.4 Å². The van der Waals surface area contributed by atoms with Crippen LogP contribution in [0.4, 0.5) is 0 Å². The third-order valence-electron chi connectivity index (χ3n) is 2.81. The molecule has 1 atom stereocenters. The summed E-state index contributed by atoms with van der Waals surface area (Å²) >= 11 is 1.76. The molecule has 0 radical (unpaired) electrons. The molecule has 1 heterocycles. The highest BCUT2D eigenvalue weighted by molar-refractivity contribution is 7.09. The zero-order valence-electron chi connectivity index (χ0n) is 10.7. The first kappa shape index (κ1) is 14.2. The molecule has 3 nitrogen and oxygen atoms in total. The molecule has 1 aromatic rings. The van der Waals surface area contributed by atoms with Gasteiger partial charge in [0.15, 0.2) is 0 Å². The van der Waals surface area contributed by atoms with Gasteiger partial charge in [0, 0.05) is 24.9 Å². The molecule has 0 bridgehead atoms. The van der Waals surface area contributed by atoms with E-state index in [0.717, 1.165) is 19.4 Å². The van der Waals surface area contributed by atoms with Gasteiger partial charge < -0.3 is 10.6 Å². The number of hydrogen-bond donors (Lipinski definition) is 1. The molecule has 1 aromatic heterocycles. The van der Waals surface area contributed by atoms with Crippen molar-refractivity contribution in [3.63, 3.8) is 0 Å². The molecule has 2 N–H and O–H groups in total. The lowest BCUT2D eigenvalue weighted by molar-refractivity contribution is -0.130. The van der Waals surface area contributed by atoms with E-state index < -0.39 is 0 Å². The van der Waals surface area contributed by atoms with E-state index in [9.17, 15) is 4.79 Å². The van der Waals surface area contributed by atoms with Crippen LogP contribution in [0.1, 0.15) is 24.6 Å². The molecule has 0 aliphatic rings. The quantitative estimate of drug-likeness (QED) is 0.810. The Morgan fingerprint density at radius 3 is 2.94 bits per heavy atom. The largest absolute Gasteiger partial charge is 0.345 e. The number of carbonyl (C=O) groups is 1. The van der Waals surface area contributed by atoms with Gasteiger partial charge in [0.2, 0.25) is 5.91 Å².